The van der Waals surface area contributed by atoms with E-state index in [9.17, 15) is 4.79 Å². The van der Waals surface area contributed by atoms with Crippen molar-refractivity contribution in [3.63, 3.8) is 0 Å². The summed E-state index contributed by atoms with van der Waals surface area (Å²) in [5, 5.41) is 11.1. The van der Waals surface area contributed by atoms with Gasteiger partial charge in [0.2, 0.25) is 0 Å². The SMILES string of the molecule is CCOc1ccccc1C(CC(C)C)NC(=O)c1ccn(C2CCCNC2)n1.Cl. The fourth-order valence-electron chi connectivity index (χ4n) is 3.74. The minimum absolute atomic E-state index is 0. The molecular formula is C22H33ClN4O2. The number of nitrogens with zero attached hydrogens (tertiary/aromatic N) is 2. The molecule has 1 aromatic carbocycles. The molecule has 0 spiro atoms. The van der Waals surface area contributed by atoms with Crippen molar-refractivity contribution in [1.29, 1.82) is 0 Å². The Morgan fingerprint density at radius 2 is 2.14 bits per heavy atom. The molecule has 0 radical (unpaired) electrons. The van der Waals surface area contributed by atoms with E-state index in [4.69, 9.17) is 4.74 Å². The summed E-state index contributed by atoms with van der Waals surface area (Å²) < 4.78 is 7.72. The molecule has 1 amide bonds. The van der Waals surface area contributed by atoms with Gasteiger partial charge in [-0.25, -0.2) is 0 Å². The first kappa shape index (κ1) is 23.2. The number of nitrogens with one attached hydrogen (secondary N) is 2. The number of para-hydroxylation sites is 1. The van der Waals surface area contributed by atoms with E-state index in [1.54, 1.807) is 0 Å². The van der Waals surface area contributed by atoms with Gasteiger partial charge in [-0.2, -0.15) is 5.10 Å². The number of carbonyl (C=O) groups excluding carboxylic acids is 1. The third-order valence-corrected chi connectivity index (χ3v) is 5.09. The van der Waals surface area contributed by atoms with Crippen molar-refractivity contribution in [2.45, 2.75) is 52.1 Å². The van der Waals surface area contributed by atoms with Gasteiger partial charge in [-0.15, -0.1) is 12.4 Å². The Hall–Kier alpha value is -2.05. The van der Waals surface area contributed by atoms with Gasteiger partial charge in [-0.1, -0.05) is 32.0 Å². The van der Waals surface area contributed by atoms with Crippen LogP contribution >= 0.6 is 12.4 Å². The summed E-state index contributed by atoms with van der Waals surface area (Å²) in [5.41, 5.74) is 1.48. The van der Waals surface area contributed by atoms with Crippen molar-refractivity contribution in [3.8, 4) is 5.75 Å². The summed E-state index contributed by atoms with van der Waals surface area (Å²) in [6.45, 7) is 8.85. The van der Waals surface area contributed by atoms with E-state index in [2.05, 4.69) is 29.6 Å². The van der Waals surface area contributed by atoms with Crippen molar-refractivity contribution in [2.75, 3.05) is 19.7 Å². The van der Waals surface area contributed by atoms with Crippen LogP contribution in [0.15, 0.2) is 36.5 Å². The monoisotopic (exact) mass is 420 g/mol. The number of benzene rings is 1. The first-order chi connectivity index (χ1) is 13.6. The summed E-state index contributed by atoms with van der Waals surface area (Å²) in [5.74, 6) is 1.13. The second-order valence-corrected chi connectivity index (χ2v) is 7.81. The normalized spacial score (nSPS) is 17.4. The highest BCUT2D eigenvalue weighted by molar-refractivity contribution is 5.92. The summed E-state index contributed by atoms with van der Waals surface area (Å²) in [4.78, 5) is 12.9. The van der Waals surface area contributed by atoms with E-state index >= 15 is 0 Å². The van der Waals surface area contributed by atoms with Crippen LogP contribution in [0.1, 0.15) is 68.2 Å². The molecule has 1 saturated heterocycles. The van der Waals surface area contributed by atoms with Crippen molar-refractivity contribution >= 4 is 18.3 Å². The lowest BCUT2D eigenvalue weighted by Crippen LogP contribution is -2.33. The second kappa shape index (κ2) is 11.2. The maximum atomic E-state index is 12.9. The maximum absolute atomic E-state index is 12.9. The zero-order valence-corrected chi connectivity index (χ0v) is 18.4. The molecule has 1 aliphatic rings. The van der Waals surface area contributed by atoms with Crippen LogP contribution in [0.5, 0.6) is 5.75 Å². The topological polar surface area (TPSA) is 68.2 Å². The van der Waals surface area contributed by atoms with Crippen molar-refractivity contribution in [3.05, 3.63) is 47.8 Å². The fraction of sp³-hybridized carbons (Fsp3) is 0.545. The predicted octanol–water partition coefficient (Wildman–Crippen LogP) is 4.15. The first-order valence-corrected chi connectivity index (χ1v) is 10.4. The smallest absolute Gasteiger partial charge is 0.272 e. The van der Waals surface area contributed by atoms with Gasteiger partial charge in [-0.05, 0) is 50.8 Å². The Labute approximate surface area is 179 Å². The molecule has 160 valence electrons. The van der Waals surface area contributed by atoms with E-state index in [0.29, 0.717) is 24.3 Å². The number of halogens is 1. The molecule has 7 heteroatoms. The van der Waals surface area contributed by atoms with Crippen LogP contribution in [-0.4, -0.2) is 35.4 Å². The van der Waals surface area contributed by atoms with Gasteiger partial charge in [-0.3, -0.25) is 9.48 Å². The van der Waals surface area contributed by atoms with Crippen molar-refractivity contribution in [2.24, 2.45) is 5.92 Å². The van der Waals surface area contributed by atoms with Crippen LogP contribution in [0.2, 0.25) is 0 Å². The number of rotatable bonds is 8. The lowest BCUT2D eigenvalue weighted by atomic mass is 9.96. The molecule has 3 rings (SSSR count). The maximum Gasteiger partial charge on any atom is 0.272 e. The summed E-state index contributed by atoms with van der Waals surface area (Å²) in [6, 6.07) is 9.96. The van der Waals surface area contributed by atoms with Gasteiger partial charge in [0.25, 0.3) is 5.91 Å². The molecule has 29 heavy (non-hydrogen) atoms. The predicted molar refractivity (Wildman–Crippen MR) is 118 cm³/mol. The Bertz CT molecular complexity index is 772. The van der Waals surface area contributed by atoms with E-state index in [0.717, 1.165) is 43.7 Å². The molecule has 0 saturated carbocycles. The molecule has 0 bridgehead atoms. The number of aromatic nitrogens is 2. The third kappa shape index (κ3) is 6.21. The number of amides is 1. The Morgan fingerprint density at radius 1 is 1.34 bits per heavy atom. The fourth-order valence-corrected chi connectivity index (χ4v) is 3.74. The lowest BCUT2D eigenvalue weighted by molar-refractivity contribution is 0.0925. The second-order valence-electron chi connectivity index (χ2n) is 7.81. The van der Waals surface area contributed by atoms with E-state index in [-0.39, 0.29) is 24.4 Å². The molecule has 2 atom stereocenters. The number of hydrogen-bond acceptors (Lipinski definition) is 4. The minimum Gasteiger partial charge on any atom is -0.494 e. The average molecular weight is 421 g/mol. The van der Waals surface area contributed by atoms with Crippen molar-refractivity contribution in [1.82, 2.24) is 20.4 Å². The van der Waals surface area contributed by atoms with Crippen LogP contribution < -0.4 is 15.4 Å². The largest absolute Gasteiger partial charge is 0.494 e. The molecule has 0 aliphatic carbocycles. The average Bonchev–Trinajstić information content (AvgIpc) is 3.19. The van der Waals surface area contributed by atoms with Gasteiger partial charge in [0.1, 0.15) is 11.4 Å². The van der Waals surface area contributed by atoms with Gasteiger partial charge < -0.3 is 15.4 Å². The van der Waals surface area contributed by atoms with E-state index < -0.39 is 0 Å². The summed E-state index contributed by atoms with van der Waals surface area (Å²) in [6.07, 6.45) is 4.98. The molecule has 2 unspecified atom stereocenters. The van der Waals surface area contributed by atoms with Crippen LogP contribution in [0, 0.1) is 5.92 Å². The van der Waals surface area contributed by atoms with E-state index in [1.807, 2.05) is 48.1 Å². The first-order valence-electron chi connectivity index (χ1n) is 10.4. The van der Waals surface area contributed by atoms with Crippen LogP contribution in [-0.2, 0) is 0 Å². The Balaban J connectivity index is 0.00000300. The molecule has 6 nitrogen and oxygen atoms in total. The minimum atomic E-state index is -0.139. The molecule has 2 aromatic rings. The highest BCUT2D eigenvalue weighted by Gasteiger charge is 2.23. The van der Waals surface area contributed by atoms with Crippen LogP contribution in [0.3, 0.4) is 0 Å². The zero-order valence-electron chi connectivity index (χ0n) is 17.6. The quantitative estimate of drug-likeness (QED) is 0.673. The van der Waals surface area contributed by atoms with Crippen molar-refractivity contribution < 1.29 is 9.53 Å². The Morgan fingerprint density at radius 3 is 2.83 bits per heavy atom. The standard InChI is InChI=1S/C22H32N4O2.ClH/c1-4-28-21-10-6-5-9-18(21)20(14-16(2)3)24-22(27)19-11-13-26(25-19)17-8-7-12-23-15-17;/h5-6,9-11,13,16-17,20,23H,4,7-8,12,14-15H2,1-3H3,(H,24,27);1H. The molecule has 2 heterocycles. The van der Waals surface area contributed by atoms with Gasteiger partial charge in [0, 0.05) is 18.3 Å². The molecular weight excluding hydrogens is 388 g/mol. The summed E-state index contributed by atoms with van der Waals surface area (Å²) >= 11 is 0. The van der Waals surface area contributed by atoms with E-state index in [1.165, 1.54) is 0 Å². The zero-order chi connectivity index (χ0) is 19.9. The molecule has 1 fully saturated rings. The summed E-state index contributed by atoms with van der Waals surface area (Å²) in [7, 11) is 0. The highest BCUT2D eigenvalue weighted by atomic mass is 35.5. The number of hydrogen-bond donors (Lipinski definition) is 2. The number of ether oxygens (including phenoxy) is 1. The lowest BCUT2D eigenvalue weighted by Gasteiger charge is -2.23. The molecule has 1 aliphatic heterocycles. The van der Waals surface area contributed by atoms with Crippen LogP contribution in [0.4, 0.5) is 0 Å². The third-order valence-electron chi connectivity index (χ3n) is 5.09. The number of carbonyl (C=O) groups is 1. The van der Waals surface area contributed by atoms with Gasteiger partial charge >= 0.3 is 0 Å². The highest BCUT2D eigenvalue weighted by Crippen LogP contribution is 2.30. The van der Waals surface area contributed by atoms with Gasteiger partial charge in [0.05, 0.1) is 18.7 Å². The van der Waals surface area contributed by atoms with Crippen LogP contribution in [0.25, 0.3) is 0 Å². The van der Waals surface area contributed by atoms with Gasteiger partial charge in [0.15, 0.2) is 0 Å². The molecule has 2 N–H and O–H groups in total. The molecule has 1 aromatic heterocycles. The number of piperidine rings is 1. The Kier molecular flexibility index (Phi) is 8.99.